The van der Waals surface area contributed by atoms with Gasteiger partial charge in [0.15, 0.2) is 0 Å². The number of carbonyl (C=O) groups excluding carboxylic acids is 2. The van der Waals surface area contributed by atoms with E-state index in [2.05, 4.69) is 5.32 Å². The summed E-state index contributed by atoms with van der Waals surface area (Å²) < 4.78 is 4.82. The van der Waals surface area contributed by atoms with Crippen molar-refractivity contribution in [2.45, 2.75) is 12.5 Å². The van der Waals surface area contributed by atoms with E-state index in [1.54, 1.807) is 60.7 Å². The molecule has 0 aliphatic carbocycles. The number of carboxylic acid groups (broad SMARTS) is 1. The molecule has 0 radical (unpaired) electrons. The number of benzene rings is 5. The highest BCUT2D eigenvalue weighted by atomic mass is 16.5. The van der Waals surface area contributed by atoms with Crippen molar-refractivity contribution >= 4 is 39.4 Å². The lowest BCUT2D eigenvalue weighted by Gasteiger charge is -2.17. The van der Waals surface area contributed by atoms with E-state index >= 15 is 0 Å². The van der Waals surface area contributed by atoms with Crippen molar-refractivity contribution < 1.29 is 34.4 Å². The van der Waals surface area contributed by atoms with Crippen LogP contribution < -0.4 is 5.32 Å². The molecule has 5 aromatic rings. The Morgan fingerprint density at radius 3 is 1.75 bits per heavy atom. The summed E-state index contributed by atoms with van der Waals surface area (Å²) in [4.78, 5) is 35.3. The second-order valence-electron chi connectivity index (χ2n) is 9.04. The van der Waals surface area contributed by atoms with E-state index in [9.17, 15) is 24.6 Å². The molecular weight excluding hydrogens is 510 g/mol. The number of carboxylic acids is 1. The van der Waals surface area contributed by atoms with Crippen molar-refractivity contribution in [3.05, 3.63) is 120 Å². The molecule has 0 saturated carbocycles. The van der Waals surface area contributed by atoms with Gasteiger partial charge in [0.05, 0.1) is 12.7 Å². The Balaban J connectivity index is 0.000000222. The molecule has 0 bridgehead atoms. The van der Waals surface area contributed by atoms with Gasteiger partial charge in [-0.05, 0) is 75.6 Å². The lowest BCUT2D eigenvalue weighted by Crippen LogP contribution is -2.43. The lowest BCUT2D eigenvalue weighted by atomic mass is 10.0. The molecule has 40 heavy (non-hydrogen) atoms. The van der Waals surface area contributed by atoms with Crippen molar-refractivity contribution in [1.29, 1.82) is 0 Å². The molecule has 5 rings (SSSR count). The molecule has 0 aliphatic heterocycles. The van der Waals surface area contributed by atoms with Crippen LogP contribution in [0.3, 0.4) is 0 Å². The van der Waals surface area contributed by atoms with Crippen LogP contribution in [0.5, 0.6) is 11.5 Å². The van der Waals surface area contributed by atoms with Gasteiger partial charge in [-0.25, -0.2) is 9.59 Å². The summed E-state index contributed by atoms with van der Waals surface area (Å²) in [5.41, 5.74) is 1.62. The van der Waals surface area contributed by atoms with E-state index in [0.29, 0.717) is 12.0 Å². The van der Waals surface area contributed by atoms with Crippen molar-refractivity contribution in [2.75, 3.05) is 7.11 Å². The molecule has 8 heteroatoms. The average molecular weight is 538 g/mol. The number of esters is 1. The Labute approximate surface area is 230 Å². The highest BCUT2D eigenvalue weighted by Crippen LogP contribution is 2.22. The molecule has 0 heterocycles. The summed E-state index contributed by atoms with van der Waals surface area (Å²) in [5.74, 6) is -1.44. The SMILES string of the molecule is COC(=O)C(Cc1ccccc1)NC(=O)c1ccc2cc(O)ccc2c1.O=C(O)c1ccc2cc(O)ccc2c1. The van der Waals surface area contributed by atoms with Gasteiger partial charge in [-0.3, -0.25) is 4.79 Å². The largest absolute Gasteiger partial charge is 0.508 e. The molecule has 1 amide bonds. The van der Waals surface area contributed by atoms with E-state index in [4.69, 9.17) is 9.84 Å². The van der Waals surface area contributed by atoms with Crippen LogP contribution in [0.15, 0.2) is 103 Å². The van der Waals surface area contributed by atoms with Crippen molar-refractivity contribution in [3.63, 3.8) is 0 Å². The Morgan fingerprint density at radius 1 is 0.700 bits per heavy atom. The lowest BCUT2D eigenvalue weighted by molar-refractivity contribution is -0.142. The van der Waals surface area contributed by atoms with Gasteiger partial charge in [0, 0.05) is 12.0 Å². The summed E-state index contributed by atoms with van der Waals surface area (Å²) in [6, 6.07) is 28.3. The molecule has 1 atom stereocenters. The second-order valence-corrected chi connectivity index (χ2v) is 9.04. The Hall–Kier alpha value is -5.37. The quantitative estimate of drug-likeness (QED) is 0.216. The van der Waals surface area contributed by atoms with Gasteiger partial charge in [-0.2, -0.15) is 0 Å². The Morgan fingerprint density at radius 2 is 1.20 bits per heavy atom. The van der Waals surface area contributed by atoms with Crippen LogP contribution >= 0.6 is 0 Å². The second kappa shape index (κ2) is 12.4. The maximum absolute atomic E-state index is 12.6. The number of nitrogens with one attached hydrogen (secondary N) is 1. The topological polar surface area (TPSA) is 133 Å². The van der Waals surface area contributed by atoms with Crippen molar-refractivity contribution in [1.82, 2.24) is 5.32 Å². The van der Waals surface area contributed by atoms with Crippen LogP contribution in [0.1, 0.15) is 26.3 Å². The third-order valence-corrected chi connectivity index (χ3v) is 6.23. The van der Waals surface area contributed by atoms with Crippen LogP contribution in [-0.4, -0.2) is 46.3 Å². The predicted molar refractivity (Wildman–Crippen MR) is 152 cm³/mol. The monoisotopic (exact) mass is 537 g/mol. The highest BCUT2D eigenvalue weighted by Gasteiger charge is 2.22. The van der Waals surface area contributed by atoms with Crippen molar-refractivity contribution in [2.24, 2.45) is 0 Å². The maximum Gasteiger partial charge on any atom is 0.335 e. The fourth-order valence-electron chi connectivity index (χ4n) is 4.17. The minimum Gasteiger partial charge on any atom is -0.508 e. The van der Waals surface area contributed by atoms with Gasteiger partial charge in [-0.1, -0.05) is 54.6 Å². The molecule has 0 aromatic heterocycles. The normalized spacial score (nSPS) is 11.2. The number of amides is 1. The zero-order chi connectivity index (χ0) is 28.6. The molecule has 8 nitrogen and oxygen atoms in total. The third-order valence-electron chi connectivity index (χ3n) is 6.23. The van der Waals surface area contributed by atoms with Gasteiger partial charge >= 0.3 is 11.9 Å². The smallest absolute Gasteiger partial charge is 0.335 e. The summed E-state index contributed by atoms with van der Waals surface area (Å²) in [6.45, 7) is 0. The first-order chi connectivity index (χ1) is 19.2. The molecule has 4 N–H and O–H groups in total. The number of hydrogen-bond donors (Lipinski definition) is 4. The number of methoxy groups -OCH3 is 1. The number of hydrogen-bond acceptors (Lipinski definition) is 6. The molecule has 0 saturated heterocycles. The minimum atomic E-state index is -0.944. The van der Waals surface area contributed by atoms with E-state index in [1.807, 2.05) is 30.3 Å². The number of phenols is 2. The Kier molecular flexibility index (Phi) is 8.61. The maximum atomic E-state index is 12.6. The first kappa shape index (κ1) is 27.7. The first-order valence-electron chi connectivity index (χ1n) is 12.3. The van der Waals surface area contributed by atoms with E-state index in [0.717, 1.165) is 27.1 Å². The number of ether oxygens (including phenoxy) is 1. The summed E-state index contributed by atoms with van der Waals surface area (Å²) in [5, 5.41) is 33.5. The van der Waals surface area contributed by atoms with Gasteiger partial charge < -0.3 is 25.4 Å². The molecule has 0 fully saturated rings. The fourth-order valence-corrected chi connectivity index (χ4v) is 4.17. The van der Waals surface area contributed by atoms with Crippen LogP contribution in [-0.2, 0) is 16.0 Å². The Bertz CT molecular complexity index is 1680. The van der Waals surface area contributed by atoms with E-state index < -0.39 is 18.0 Å². The van der Waals surface area contributed by atoms with Gasteiger partial charge in [0.25, 0.3) is 5.91 Å². The van der Waals surface area contributed by atoms with Crippen LogP contribution in [0.2, 0.25) is 0 Å². The van der Waals surface area contributed by atoms with Gasteiger partial charge in [-0.15, -0.1) is 0 Å². The standard InChI is InChI=1S/C21H19NO4.C11H8O3/c1-26-21(25)19(11-14-5-3-2-4-6-14)22-20(24)17-8-7-16-13-18(23)10-9-15(16)12-17;12-10-4-3-7-5-9(11(13)14)2-1-8(7)6-10/h2-10,12-13,19,23H,11H2,1H3,(H,22,24);1-6,12H,(H,13,14). The first-order valence-corrected chi connectivity index (χ1v) is 12.3. The fraction of sp³-hybridized carbons (Fsp3) is 0.0938. The minimum absolute atomic E-state index is 0.170. The molecule has 5 aromatic carbocycles. The van der Waals surface area contributed by atoms with Crippen LogP contribution in [0.4, 0.5) is 0 Å². The number of aromatic hydroxyl groups is 2. The highest BCUT2D eigenvalue weighted by molar-refractivity contribution is 6.00. The molecule has 0 spiro atoms. The molecule has 1 unspecified atom stereocenters. The number of carbonyl (C=O) groups is 3. The summed E-state index contributed by atoms with van der Waals surface area (Å²) in [7, 11) is 1.30. The van der Waals surface area contributed by atoms with Crippen molar-refractivity contribution in [3.8, 4) is 11.5 Å². The summed E-state index contributed by atoms with van der Waals surface area (Å²) in [6.07, 6.45) is 0.348. The van der Waals surface area contributed by atoms with Gasteiger partial charge in [0.1, 0.15) is 17.5 Å². The predicted octanol–water partition coefficient (Wildman–Crippen LogP) is 5.30. The number of rotatable bonds is 6. The summed E-state index contributed by atoms with van der Waals surface area (Å²) >= 11 is 0. The number of fused-ring (bicyclic) bond motifs is 2. The van der Waals surface area contributed by atoms with E-state index in [1.165, 1.54) is 19.2 Å². The number of phenolic OH excluding ortho intramolecular Hbond substituents is 2. The molecular formula is C32H27NO7. The van der Waals surface area contributed by atoms with Crippen LogP contribution in [0.25, 0.3) is 21.5 Å². The third kappa shape index (κ3) is 6.93. The van der Waals surface area contributed by atoms with Crippen LogP contribution in [0, 0.1) is 0 Å². The average Bonchev–Trinajstić information content (AvgIpc) is 2.96. The van der Waals surface area contributed by atoms with E-state index in [-0.39, 0.29) is 23.0 Å². The molecule has 202 valence electrons. The zero-order valence-corrected chi connectivity index (χ0v) is 21.6. The van der Waals surface area contributed by atoms with Gasteiger partial charge in [0.2, 0.25) is 0 Å². The molecule has 0 aliphatic rings. The number of aromatic carboxylic acids is 1. The zero-order valence-electron chi connectivity index (χ0n) is 21.6.